The Kier molecular flexibility index (Phi) is 4.19. The molecule has 0 spiro atoms. The minimum atomic E-state index is -3.37. The van der Waals surface area contributed by atoms with Gasteiger partial charge in [-0.25, -0.2) is 13.1 Å². The SMILES string of the molecule is Cc1ccc(C)c(S(=O)(=O)NCCS)c1. The van der Waals surface area contributed by atoms with E-state index in [2.05, 4.69) is 17.4 Å². The van der Waals surface area contributed by atoms with Gasteiger partial charge < -0.3 is 0 Å². The first-order valence-electron chi connectivity index (χ1n) is 4.65. The molecule has 1 N–H and O–H groups in total. The van der Waals surface area contributed by atoms with Crippen molar-refractivity contribution in [2.24, 2.45) is 0 Å². The molecule has 1 aromatic carbocycles. The van der Waals surface area contributed by atoms with Crippen LogP contribution in [0.1, 0.15) is 11.1 Å². The Morgan fingerprint density at radius 1 is 1.33 bits per heavy atom. The quantitative estimate of drug-likeness (QED) is 0.790. The van der Waals surface area contributed by atoms with Gasteiger partial charge in [0.2, 0.25) is 10.0 Å². The highest BCUT2D eigenvalue weighted by Gasteiger charge is 2.15. The van der Waals surface area contributed by atoms with Gasteiger partial charge in [0.05, 0.1) is 4.90 Å². The summed E-state index contributed by atoms with van der Waals surface area (Å²) in [6, 6.07) is 5.38. The molecule has 1 aromatic rings. The number of thiol groups is 1. The van der Waals surface area contributed by atoms with Crippen LogP contribution in [0.4, 0.5) is 0 Å². The number of hydrogen-bond donors (Lipinski definition) is 2. The third-order valence-electron chi connectivity index (χ3n) is 2.04. The molecule has 0 unspecified atom stereocenters. The highest BCUT2D eigenvalue weighted by molar-refractivity contribution is 7.89. The maximum absolute atomic E-state index is 11.8. The minimum absolute atomic E-state index is 0.346. The molecule has 0 atom stereocenters. The molecule has 0 aromatic heterocycles. The van der Waals surface area contributed by atoms with Crippen LogP contribution in [0.25, 0.3) is 0 Å². The van der Waals surface area contributed by atoms with Crippen molar-refractivity contribution >= 4 is 22.7 Å². The van der Waals surface area contributed by atoms with E-state index >= 15 is 0 Å². The molecule has 0 fully saturated rings. The van der Waals surface area contributed by atoms with Gasteiger partial charge in [-0.1, -0.05) is 12.1 Å². The van der Waals surface area contributed by atoms with E-state index in [4.69, 9.17) is 0 Å². The van der Waals surface area contributed by atoms with E-state index in [9.17, 15) is 8.42 Å². The number of benzene rings is 1. The lowest BCUT2D eigenvalue weighted by Crippen LogP contribution is -2.26. The topological polar surface area (TPSA) is 46.2 Å². The molecular weight excluding hydrogens is 230 g/mol. The molecule has 84 valence electrons. The number of hydrogen-bond acceptors (Lipinski definition) is 3. The average Bonchev–Trinajstić information content (AvgIpc) is 2.18. The van der Waals surface area contributed by atoms with Crippen molar-refractivity contribution in [3.63, 3.8) is 0 Å². The summed E-state index contributed by atoms with van der Waals surface area (Å²) >= 11 is 3.96. The van der Waals surface area contributed by atoms with Gasteiger partial charge in [-0.2, -0.15) is 12.6 Å². The second kappa shape index (κ2) is 5.01. The second-order valence-corrected chi connectivity index (χ2v) is 5.57. The zero-order valence-corrected chi connectivity index (χ0v) is 10.5. The van der Waals surface area contributed by atoms with E-state index in [-0.39, 0.29) is 0 Å². The zero-order chi connectivity index (χ0) is 11.5. The van der Waals surface area contributed by atoms with Crippen molar-refractivity contribution in [3.8, 4) is 0 Å². The van der Waals surface area contributed by atoms with E-state index in [1.807, 2.05) is 19.1 Å². The fourth-order valence-electron chi connectivity index (χ4n) is 1.25. The van der Waals surface area contributed by atoms with Crippen LogP contribution in [0, 0.1) is 13.8 Å². The van der Waals surface area contributed by atoms with E-state index in [0.717, 1.165) is 11.1 Å². The van der Waals surface area contributed by atoms with Gasteiger partial charge in [0.1, 0.15) is 0 Å². The normalized spacial score (nSPS) is 11.7. The molecule has 0 amide bonds. The summed E-state index contributed by atoms with van der Waals surface area (Å²) in [7, 11) is -3.37. The summed E-state index contributed by atoms with van der Waals surface area (Å²) in [5.74, 6) is 0.490. The van der Waals surface area contributed by atoms with Gasteiger partial charge >= 0.3 is 0 Å². The lowest BCUT2D eigenvalue weighted by atomic mass is 10.2. The molecule has 0 aliphatic carbocycles. The first-order valence-corrected chi connectivity index (χ1v) is 6.77. The molecular formula is C10H15NO2S2. The van der Waals surface area contributed by atoms with Gasteiger partial charge in [-0.15, -0.1) is 0 Å². The second-order valence-electron chi connectivity index (χ2n) is 3.39. The lowest BCUT2D eigenvalue weighted by Gasteiger charge is -2.09. The van der Waals surface area contributed by atoms with E-state index in [1.54, 1.807) is 13.0 Å². The Labute approximate surface area is 96.4 Å². The maximum Gasteiger partial charge on any atom is 0.240 e. The van der Waals surface area contributed by atoms with Crippen molar-refractivity contribution in [2.75, 3.05) is 12.3 Å². The Morgan fingerprint density at radius 3 is 2.60 bits per heavy atom. The molecule has 0 bridgehead atoms. The number of rotatable bonds is 4. The Bertz CT molecular complexity index is 441. The number of aryl methyl sites for hydroxylation is 2. The molecule has 0 radical (unpaired) electrons. The van der Waals surface area contributed by atoms with Crippen molar-refractivity contribution < 1.29 is 8.42 Å². The monoisotopic (exact) mass is 245 g/mol. The van der Waals surface area contributed by atoms with E-state index in [0.29, 0.717) is 17.2 Å². The molecule has 0 saturated carbocycles. The van der Waals surface area contributed by atoms with Crippen LogP contribution in [0.15, 0.2) is 23.1 Å². The van der Waals surface area contributed by atoms with Crippen LogP contribution in [-0.2, 0) is 10.0 Å². The Hall–Kier alpha value is -0.520. The van der Waals surface area contributed by atoms with Crippen LogP contribution in [0.3, 0.4) is 0 Å². The molecule has 15 heavy (non-hydrogen) atoms. The Balaban J connectivity index is 3.09. The minimum Gasteiger partial charge on any atom is -0.210 e. The van der Waals surface area contributed by atoms with Crippen molar-refractivity contribution in [1.29, 1.82) is 0 Å². The summed E-state index contributed by atoms with van der Waals surface area (Å²) in [6.45, 7) is 4.00. The van der Waals surface area contributed by atoms with Gasteiger partial charge in [0.25, 0.3) is 0 Å². The predicted molar refractivity (Wildman–Crippen MR) is 65.0 cm³/mol. The first-order chi connectivity index (χ1) is 6.97. The molecule has 0 saturated heterocycles. The van der Waals surface area contributed by atoms with Crippen molar-refractivity contribution in [3.05, 3.63) is 29.3 Å². The van der Waals surface area contributed by atoms with Crippen molar-refractivity contribution in [2.45, 2.75) is 18.7 Å². The number of nitrogens with one attached hydrogen (secondary N) is 1. The molecule has 5 heteroatoms. The van der Waals surface area contributed by atoms with Crippen LogP contribution in [0.5, 0.6) is 0 Å². The molecule has 0 aliphatic rings. The highest BCUT2D eigenvalue weighted by atomic mass is 32.2. The number of sulfonamides is 1. The van der Waals surface area contributed by atoms with Crippen LogP contribution in [-0.4, -0.2) is 20.7 Å². The largest absolute Gasteiger partial charge is 0.240 e. The van der Waals surface area contributed by atoms with E-state index < -0.39 is 10.0 Å². The molecule has 0 aliphatic heterocycles. The van der Waals surface area contributed by atoms with Gasteiger partial charge in [-0.05, 0) is 31.0 Å². The summed E-state index contributed by atoms with van der Waals surface area (Å²) in [5, 5.41) is 0. The zero-order valence-electron chi connectivity index (χ0n) is 8.82. The third-order valence-corrected chi connectivity index (χ3v) is 3.86. The predicted octanol–water partition coefficient (Wildman–Crippen LogP) is 1.51. The van der Waals surface area contributed by atoms with Gasteiger partial charge in [-0.3, -0.25) is 0 Å². The molecule has 3 nitrogen and oxygen atoms in total. The third kappa shape index (κ3) is 3.22. The first kappa shape index (κ1) is 12.5. The summed E-state index contributed by atoms with van der Waals surface area (Å²) < 4.78 is 26.1. The fourth-order valence-corrected chi connectivity index (χ4v) is 2.88. The molecule has 0 heterocycles. The van der Waals surface area contributed by atoms with E-state index in [1.165, 1.54) is 0 Å². The summed E-state index contributed by atoms with van der Waals surface area (Å²) in [6.07, 6.45) is 0. The van der Waals surface area contributed by atoms with Crippen LogP contribution >= 0.6 is 12.6 Å². The maximum atomic E-state index is 11.8. The Morgan fingerprint density at radius 2 is 2.00 bits per heavy atom. The highest BCUT2D eigenvalue weighted by Crippen LogP contribution is 2.16. The summed E-state index contributed by atoms with van der Waals surface area (Å²) in [4.78, 5) is 0.351. The molecule has 1 rings (SSSR count). The standard InChI is InChI=1S/C10H15NO2S2/c1-8-3-4-9(2)10(7-8)15(12,13)11-5-6-14/h3-4,7,11,14H,5-6H2,1-2H3. The average molecular weight is 245 g/mol. The van der Waals surface area contributed by atoms with Gasteiger partial charge in [0, 0.05) is 12.3 Å². The van der Waals surface area contributed by atoms with Crippen molar-refractivity contribution in [1.82, 2.24) is 4.72 Å². The van der Waals surface area contributed by atoms with Crippen LogP contribution < -0.4 is 4.72 Å². The lowest BCUT2D eigenvalue weighted by molar-refractivity contribution is 0.583. The summed E-state index contributed by atoms with van der Waals surface area (Å²) in [5.41, 5.74) is 1.69. The smallest absolute Gasteiger partial charge is 0.210 e. The van der Waals surface area contributed by atoms with Gasteiger partial charge in [0.15, 0.2) is 0 Å². The van der Waals surface area contributed by atoms with Crippen LogP contribution in [0.2, 0.25) is 0 Å². The fraction of sp³-hybridized carbons (Fsp3) is 0.400.